The molecule has 2 saturated heterocycles. The lowest BCUT2D eigenvalue weighted by atomic mass is 9.93. The van der Waals surface area contributed by atoms with E-state index in [2.05, 4.69) is 10.2 Å². The van der Waals surface area contributed by atoms with Crippen LogP contribution in [0.3, 0.4) is 0 Å². The summed E-state index contributed by atoms with van der Waals surface area (Å²) in [6.45, 7) is 2.49. The van der Waals surface area contributed by atoms with Crippen LogP contribution in [0, 0.1) is 5.92 Å². The first-order valence-electron chi connectivity index (χ1n) is 6.05. The molecule has 0 saturated carbocycles. The van der Waals surface area contributed by atoms with Gasteiger partial charge < -0.3 is 10.8 Å². The Morgan fingerprint density at radius 2 is 2.00 bits per heavy atom. The third-order valence-corrected chi connectivity index (χ3v) is 3.64. The molecule has 5 heteroatoms. The molecule has 1 radical (unpaired) electrons. The normalized spacial score (nSPS) is 33.8. The molecule has 0 bridgehead atoms. The van der Waals surface area contributed by atoms with Crippen LogP contribution >= 0.6 is 0 Å². The average molecular weight is 226 g/mol. The first kappa shape index (κ1) is 11.8. The number of likely N-dealkylation sites (tertiary alicyclic amines) is 1. The largest absolute Gasteiger partial charge is 0.393 e. The van der Waals surface area contributed by atoms with Crippen LogP contribution in [0.2, 0.25) is 0 Å². The first-order chi connectivity index (χ1) is 7.66. The minimum atomic E-state index is -0.197. The van der Waals surface area contributed by atoms with E-state index >= 15 is 0 Å². The average Bonchev–Trinajstić information content (AvgIpc) is 2.30. The van der Waals surface area contributed by atoms with E-state index in [1.54, 1.807) is 0 Å². The number of piperidine rings is 2. The maximum Gasteiger partial charge on any atom is 0.220 e. The van der Waals surface area contributed by atoms with Gasteiger partial charge in [0.15, 0.2) is 0 Å². The molecule has 0 aromatic carbocycles. The van der Waals surface area contributed by atoms with E-state index in [4.69, 9.17) is 5.73 Å². The monoisotopic (exact) mass is 226 g/mol. The van der Waals surface area contributed by atoms with Crippen molar-refractivity contribution in [2.75, 3.05) is 19.6 Å². The number of carbonyl (C=O) groups is 1. The van der Waals surface area contributed by atoms with Crippen LogP contribution in [0.25, 0.3) is 0 Å². The lowest BCUT2D eigenvalue weighted by Gasteiger charge is -2.39. The van der Waals surface area contributed by atoms with Crippen LogP contribution in [0.5, 0.6) is 0 Å². The predicted molar refractivity (Wildman–Crippen MR) is 59.5 cm³/mol. The number of carbonyl (C=O) groups excluding carboxylic acids is 1. The van der Waals surface area contributed by atoms with Crippen LogP contribution in [0.1, 0.15) is 25.7 Å². The van der Waals surface area contributed by atoms with Crippen LogP contribution in [-0.2, 0) is 4.79 Å². The Kier molecular flexibility index (Phi) is 3.78. The summed E-state index contributed by atoms with van der Waals surface area (Å²) < 4.78 is 0. The van der Waals surface area contributed by atoms with Gasteiger partial charge in [-0.1, -0.05) is 0 Å². The molecule has 0 spiro atoms. The standard InChI is InChI=1S/C11H20N3O2/c12-11(16)8-1-4-13-10(7-8)14-5-2-9(15)3-6-14/h8-10,15H,1-7H2,(H2,12,16). The predicted octanol–water partition coefficient (Wildman–Crippen LogP) is -0.731. The molecule has 2 aliphatic rings. The molecule has 3 N–H and O–H groups in total. The van der Waals surface area contributed by atoms with Gasteiger partial charge in [0.05, 0.1) is 12.3 Å². The van der Waals surface area contributed by atoms with Crippen LogP contribution in [0.15, 0.2) is 0 Å². The van der Waals surface area contributed by atoms with E-state index in [0.717, 1.165) is 45.3 Å². The Bertz CT molecular complexity index is 252. The van der Waals surface area contributed by atoms with Crippen molar-refractivity contribution < 1.29 is 9.90 Å². The molecule has 2 fully saturated rings. The SMILES string of the molecule is NC(=O)C1CC[N]C(N2CCC(O)CC2)C1. The van der Waals surface area contributed by atoms with Crippen molar-refractivity contribution in [1.29, 1.82) is 0 Å². The van der Waals surface area contributed by atoms with E-state index in [1.165, 1.54) is 0 Å². The van der Waals surface area contributed by atoms with Gasteiger partial charge in [-0.2, -0.15) is 0 Å². The molecular formula is C11H20N3O2. The van der Waals surface area contributed by atoms with Crippen molar-refractivity contribution in [1.82, 2.24) is 10.2 Å². The van der Waals surface area contributed by atoms with Gasteiger partial charge in [0.2, 0.25) is 5.91 Å². The summed E-state index contributed by atoms with van der Waals surface area (Å²) in [6, 6.07) is 0. The Labute approximate surface area is 96.0 Å². The molecular weight excluding hydrogens is 206 g/mol. The molecule has 0 aromatic rings. The van der Waals surface area contributed by atoms with E-state index in [-0.39, 0.29) is 24.1 Å². The number of aliphatic hydroxyl groups is 1. The van der Waals surface area contributed by atoms with Crippen LogP contribution in [-0.4, -0.2) is 47.8 Å². The van der Waals surface area contributed by atoms with E-state index in [1.807, 2.05) is 0 Å². The maximum atomic E-state index is 11.2. The van der Waals surface area contributed by atoms with Gasteiger partial charge in [-0.3, -0.25) is 9.69 Å². The Balaban J connectivity index is 1.87. The fraction of sp³-hybridized carbons (Fsp3) is 0.909. The number of nitrogens with two attached hydrogens (primary N) is 1. The molecule has 2 atom stereocenters. The second-order valence-corrected chi connectivity index (χ2v) is 4.78. The quantitative estimate of drug-likeness (QED) is 0.651. The lowest BCUT2D eigenvalue weighted by Crippen LogP contribution is -2.51. The summed E-state index contributed by atoms with van der Waals surface area (Å²) in [4.78, 5) is 13.4. The van der Waals surface area contributed by atoms with Crippen molar-refractivity contribution in [2.45, 2.75) is 38.0 Å². The fourth-order valence-corrected chi connectivity index (χ4v) is 2.53. The molecule has 5 nitrogen and oxygen atoms in total. The Morgan fingerprint density at radius 3 is 2.62 bits per heavy atom. The molecule has 2 rings (SSSR count). The summed E-state index contributed by atoms with van der Waals surface area (Å²) in [5.74, 6) is -0.216. The first-order valence-corrected chi connectivity index (χ1v) is 6.05. The van der Waals surface area contributed by atoms with Gasteiger partial charge in [0, 0.05) is 25.6 Å². The number of nitrogens with zero attached hydrogens (tertiary/aromatic N) is 2. The highest BCUT2D eigenvalue weighted by Gasteiger charge is 2.31. The zero-order valence-corrected chi connectivity index (χ0v) is 9.51. The molecule has 0 aliphatic carbocycles. The van der Waals surface area contributed by atoms with Crippen molar-refractivity contribution in [3.05, 3.63) is 0 Å². The highest BCUT2D eigenvalue weighted by Crippen LogP contribution is 2.22. The lowest BCUT2D eigenvalue weighted by molar-refractivity contribution is -0.123. The number of hydrogen-bond acceptors (Lipinski definition) is 3. The van der Waals surface area contributed by atoms with Crippen LogP contribution < -0.4 is 11.1 Å². The topological polar surface area (TPSA) is 80.7 Å². The van der Waals surface area contributed by atoms with E-state index in [9.17, 15) is 9.90 Å². The molecule has 1 amide bonds. The van der Waals surface area contributed by atoms with Gasteiger partial charge in [0.1, 0.15) is 0 Å². The molecule has 2 heterocycles. The van der Waals surface area contributed by atoms with Gasteiger partial charge in [-0.15, -0.1) is 0 Å². The van der Waals surface area contributed by atoms with Crippen molar-refractivity contribution in [3.63, 3.8) is 0 Å². The number of hydrogen-bond donors (Lipinski definition) is 2. The van der Waals surface area contributed by atoms with Gasteiger partial charge >= 0.3 is 0 Å². The van der Waals surface area contributed by atoms with Gasteiger partial charge in [-0.05, 0) is 25.7 Å². The molecule has 0 aromatic heterocycles. The van der Waals surface area contributed by atoms with Crippen molar-refractivity contribution >= 4 is 5.91 Å². The third-order valence-electron chi connectivity index (χ3n) is 3.64. The summed E-state index contributed by atoms with van der Waals surface area (Å²) in [7, 11) is 0. The summed E-state index contributed by atoms with van der Waals surface area (Å²) in [5, 5.41) is 14.0. The fourth-order valence-electron chi connectivity index (χ4n) is 2.53. The number of primary amides is 1. The minimum absolute atomic E-state index is 0.0191. The molecule has 91 valence electrons. The van der Waals surface area contributed by atoms with Crippen molar-refractivity contribution in [3.8, 4) is 0 Å². The van der Waals surface area contributed by atoms with Gasteiger partial charge in [-0.25, -0.2) is 5.32 Å². The van der Waals surface area contributed by atoms with E-state index in [0.29, 0.717) is 0 Å². The van der Waals surface area contributed by atoms with E-state index < -0.39 is 0 Å². The minimum Gasteiger partial charge on any atom is -0.393 e. The zero-order chi connectivity index (χ0) is 11.5. The summed E-state index contributed by atoms with van der Waals surface area (Å²) >= 11 is 0. The Morgan fingerprint density at radius 1 is 1.31 bits per heavy atom. The second-order valence-electron chi connectivity index (χ2n) is 4.78. The highest BCUT2D eigenvalue weighted by molar-refractivity contribution is 5.76. The molecule has 2 unspecified atom stereocenters. The number of aliphatic hydroxyl groups excluding tert-OH is 1. The highest BCUT2D eigenvalue weighted by atomic mass is 16.3. The summed E-state index contributed by atoms with van der Waals surface area (Å²) in [5.41, 5.74) is 5.34. The van der Waals surface area contributed by atoms with Crippen molar-refractivity contribution in [2.24, 2.45) is 11.7 Å². The van der Waals surface area contributed by atoms with Gasteiger partial charge in [0.25, 0.3) is 0 Å². The third kappa shape index (κ3) is 2.72. The maximum absolute atomic E-state index is 11.2. The zero-order valence-electron chi connectivity index (χ0n) is 9.51. The molecule has 16 heavy (non-hydrogen) atoms. The summed E-state index contributed by atoms with van der Waals surface area (Å²) in [6.07, 6.45) is 3.15. The smallest absolute Gasteiger partial charge is 0.220 e. The van der Waals surface area contributed by atoms with Crippen LogP contribution in [0.4, 0.5) is 0 Å². The number of amides is 1. The number of rotatable bonds is 2. The molecule has 2 aliphatic heterocycles. The second kappa shape index (κ2) is 5.12. The Hall–Kier alpha value is -0.650.